The summed E-state index contributed by atoms with van der Waals surface area (Å²) in [6, 6.07) is 14.2. The van der Waals surface area contributed by atoms with E-state index in [1.807, 2.05) is 55.5 Å². The van der Waals surface area contributed by atoms with Crippen molar-refractivity contribution in [2.75, 3.05) is 25.5 Å². The summed E-state index contributed by atoms with van der Waals surface area (Å²) in [7, 11) is 1.59. The minimum absolute atomic E-state index is 0.0541. The van der Waals surface area contributed by atoms with Crippen LogP contribution in [0.2, 0.25) is 0 Å². The van der Waals surface area contributed by atoms with Crippen LogP contribution < -0.4 is 20.7 Å². The maximum absolute atomic E-state index is 12.9. The van der Waals surface area contributed by atoms with E-state index < -0.39 is 6.04 Å². The van der Waals surface area contributed by atoms with Crippen LogP contribution >= 0.6 is 0 Å². The average molecular weight is 453 g/mol. The summed E-state index contributed by atoms with van der Waals surface area (Å²) in [6.07, 6.45) is 1.66. The number of benzene rings is 2. The van der Waals surface area contributed by atoms with E-state index in [4.69, 9.17) is 4.74 Å². The number of piperidine rings is 1. The van der Waals surface area contributed by atoms with Crippen LogP contribution in [0.3, 0.4) is 0 Å². The first-order valence-electron chi connectivity index (χ1n) is 11.2. The molecule has 8 heteroatoms. The lowest BCUT2D eigenvalue weighted by atomic mass is 10.0. The van der Waals surface area contributed by atoms with Crippen LogP contribution in [0.5, 0.6) is 5.75 Å². The zero-order valence-corrected chi connectivity index (χ0v) is 19.4. The average Bonchev–Trinajstić information content (AvgIpc) is 2.80. The topological polar surface area (TPSA) is 99.8 Å². The molecule has 0 aromatic heterocycles. The number of nitrogens with one attached hydrogen (secondary N) is 3. The number of hydrogen-bond donors (Lipinski definition) is 3. The molecular formula is C25H32N4O4. The van der Waals surface area contributed by atoms with Crippen molar-refractivity contribution in [3.8, 4) is 5.75 Å². The monoisotopic (exact) mass is 452 g/mol. The summed E-state index contributed by atoms with van der Waals surface area (Å²) in [5, 5.41) is 8.75. The molecule has 0 aliphatic carbocycles. The van der Waals surface area contributed by atoms with E-state index in [1.54, 1.807) is 12.0 Å². The number of hydrogen-bond acceptors (Lipinski definition) is 4. The quantitative estimate of drug-likeness (QED) is 0.601. The van der Waals surface area contributed by atoms with Crippen LogP contribution in [0.25, 0.3) is 0 Å². The van der Waals surface area contributed by atoms with E-state index in [1.165, 1.54) is 6.92 Å². The third-order valence-electron chi connectivity index (χ3n) is 5.78. The van der Waals surface area contributed by atoms with Gasteiger partial charge in [0.1, 0.15) is 11.8 Å². The van der Waals surface area contributed by atoms with E-state index in [2.05, 4.69) is 16.0 Å². The third kappa shape index (κ3) is 6.97. The molecule has 0 spiro atoms. The number of urea groups is 1. The molecule has 0 radical (unpaired) electrons. The van der Waals surface area contributed by atoms with Crippen molar-refractivity contribution in [2.45, 2.75) is 45.2 Å². The van der Waals surface area contributed by atoms with E-state index in [0.717, 1.165) is 16.8 Å². The van der Waals surface area contributed by atoms with Gasteiger partial charge in [0.2, 0.25) is 11.8 Å². The highest BCUT2D eigenvalue weighted by molar-refractivity contribution is 5.90. The van der Waals surface area contributed by atoms with Crippen molar-refractivity contribution in [1.29, 1.82) is 0 Å². The maximum Gasteiger partial charge on any atom is 0.321 e. The van der Waals surface area contributed by atoms with Crippen molar-refractivity contribution in [1.82, 2.24) is 15.5 Å². The molecule has 1 aliphatic heterocycles. The Morgan fingerprint density at radius 2 is 1.82 bits per heavy atom. The van der Waals surface area contributed by atoms with Crippen LogP contribution in [0.15, 0.2) is 48.5 Å². The fourth-order valence-corrected chi connectivity index (χ4v) is 3.93. The molecule has 3 rings (SSSR count). The highest BCUT2D eigenvalue weighted by atomic mass is 16.5. The Labute approximate surface area is 194 Å². The zero-order chi connectivity index (χ0) is 23.8. The van der Waals surface area contributed by atoms with Gasteiger partial charge in [0.25, 0.3) is 0 Å². The van der Waals surface area contributed by atoms with Crippen molar-refractivity contribution in [3.05, 3.63) is 59.7 Å². The summed E-state index contributed by atoms with van der Waals surface area (Å²) in [5.41, 5.74) is 2.70. The Kier molecular flexibility index (Phi) is 8.29. The van der Waals surface area contributed by atoms with Gasteiger partial charge in [0.05, 0.1) is 7.11 Å². The van der Waals surface area contributed by atoms with Gasteiger partial charge in [-0.25, -0.2) is 4.79 Å². The number of nitrogens with zero attached hydrogens (tertiary/aromatic N) is 1. The first-order chi connectivity index (χ1) is 15.9. The Morgan fingerprint density at radius 1 is 1.09 bits per heavy atom. The summed E-state index contributed by atoms with van der Waals surface area (Å²) in [6.45, 7) is 4.44. The number of ether oxygens (including phenoxy) is 1. The van der Waals surface area contributed by atoms with Gasteiger partial charge in [-0.1, -0.05) is 30.3 Å². The fraction of sp³-hybridized carbons (Fsp3) is 0.400. The van der Waals surface area contributed by atoms with E-state index in [-0.39, 0.29) is 23.9 Å². The molecule has 33 heavy (non-hydrogen) atoms. The van der Waals surface area contributed by atoms with Gasteiger partial charge < -0.3 is 25.6 Å². The molecule has 0 bridgehead atoms. The number of aryl methyl sites for hydroxylation is 1. The second kappa shape index (κ2) is 11.4. The molecule has 4 amide bonds. The van der Waals surface area contributed by atoms with Crippen LogP contribution in [-0.2, 0) is 16.0 Å². The first-order valence-corrected chi connectivity index (χ1v) is 11.2. The Bertz CT molecular complexity index is 986. The highest BCUT2D eigenvalue weighted by Gasteiger charge is 2.27. The highest BCUT2D eigenvalue weighted by Crippen LogP contribution is 2.17. The van der Waals surface area contributed by atoms with Crippen molar-refractivity contribution < 1.29 is 19.1 Å². The molecule has 1 fully saturated rings. The number of rotatable bonds is 7. The van der Waals surface area contributed by atoms with Gasteiger partial charge in [-0.05, 0) is 49.1 Å². The van der Waals surface area contributed by atoms with Gasteiger partial charge in [0.15, 0.2) is 0 Å². The number of carbonyl (C=O) groups excluding carboxylic acids is 3. The summed E-state index contributed by atoms with van der Waals surface area (Å²) >= 11 is 0. The van der Waals surface area contributed by atoms with Crippen LogP contribution in [0.4, 0.5) is 10.5 Å². The molecule has 8 nitrogen and oxygen atoms in total. The fourth-order valence-electron chi connectivity index (χ4n) is 3.93. The van der Waals surface area contributed by atoms with Crippen LogP contribution in [0.1, 0.15) is 30.9 Å². The first kappa shape index (κ1) is 24.1. The summed E-state index contributed by atoms with van der Waals surface area (Å²) in [4.78, 5) is 39.0. The maximum atomic E-state index is 12.9. The molecular weight excluding hydrogens is 420 g/mol. The minimum atomic E-state index is -0.683. The standard InChI is InChI=1S/C25H32N4O4/c1-17-7-4-5-10-22(17)28-25(32)29-13-11-20(12-14-29)27-24(31)23(26-18(2)30)16-19-8-6-9-21(15-19)33-3/h4-10,15,20,23H,11-14,16H2,1-3H3,(H,26,30)(H,27,31)(H,28,32)/t23-/m1/s1. The summed E-state index contributed by atoms with van der Waals surface area (Å²) < 4.78 is 5.25. The van der Waals surface area contributed by atoms with Gasteiger partial charge in [0, 0.05) is 38.2 Å². The van der Waals surface area contributed by atoms with Gasteiger partial charge in [-0.15, -0.1) is 0 Å². The van der Waals surface area contributed by atoms with E-state index in [9.17, 15) is 14.4 Å². The molecule has 2 aromatic rings. The van der Waals surface area contributed by atoms with Crippen LogP contribution in [-0.4, -0.2) is 55.0 Å². The molecule has 0 unspecified atom stereocenters. The Hall–Kier alpha value is -3.55. The molecule has 176 valence electrons. The second-order valence-corrected chi connectivity index (χ2v) is 8.32. The zero-order valence-electron chi connectivity index (χ0n) is 19.4. The van der Waals surface area contributed by atoms with Crippen molar-refractivity contribution >= 4 is 23.5 Å². The van der Waals surface area contributed by atoms with Gasteiger partial charge in [-0.2, -0.15) is 0 Å². The molecule has 0 saturated carbocycles. The van der Waals surface area contributed by atoms with Gasteiger partial charge >= 0.3 is 6.03 Å². The summed E-state index contributed by atoms with van der Waals surface area (Å²) in [5.74, 6) is 0.211. The van der Waals surface area contributed by atoms with Crippen molar-refractivity contribution in [3.63, 3.8) is 0 Å². The predicted octanol–water partition coefficient (Wildman–Crippen LogP) is 2.86. The molecule has 2 aromatic carbocycles. The third-order valence-corrected chi connectivity index (χ3v) is 5.78. The SMILES string of the molecule is COc1cccc(C[C@@H](NC(C)=O)C(=O)NC2CCN(C(=O)Nc3ccccc3C)CC2)c1. The van der Waals surface area contributed by atoms with E-state index in [0.29, 0.717) is 38.1 Å². The number of anilines is 1. The molecule has 1 aliphatic rings. The van der Waals surface area contributed by atoms with Gasteiger partial charge in [-0.3, -0.25) is 9.59 Å². The number of methoxy groups -OCH3 is 1. The van der Waals surface area contributed by atoms with Crippen LogP contribution in [0, 0.1) is 6.92 Å². The lowest BCUT2D eigenvalue weighted by molar-refractivity contribution is -0.128. The van der Waals surface area contributed by atoms with Crippen molar-refractivity contribution in [2.24, 2.45) is 0 Å². The molecule has 1 atom stereocenters. The predicted molar refractivity (Wildman–Crippen MR) is 127 cm³/mol. The van der Waals surface area contributed by atoms with E-state index >= 15 is 0 Å². The molecule has 1 saturated heterocycles. The number of para-hydroxylation sites is 1. The molecule has 1 heterocycles. The lowest BCUT2D eigenvalue weighted by Gasteiger charge is -2.33. The lowest BCUT2D eigenvalue weighted by Crippen LogP contribution is -2.53. The normalized spacial score (nSPS) is 14.8. The Morgan fingerprint density at radius 3 is 2.48 bits per heavy atom. The smallest absolute Gasteiger partial charge is 0.321 e. The number of likely N-dealkylation sites (tertiary alicyclic amines) is 1. The molecule has 3 N–H and O–H groups in total. The Balaban J connectivity index is 1.53. The second-order valence-electron chi connectivity index (χ2n) is 8.32. The number of amides is 4. The number of carbonyl (C=O) groups is 3. The minimum Gasteiger partial charge on any atom is -0.497 e. The largest absolute Gasteiger partial charge is 0.497 e.